The second kappa shape index (κ2) is 6.25. The van der Waals surface area contributed by atoms with Gasteiger partial charge in [-0.1, -0.05) is 32.9 Å². The molecule has 2 nitrogen and oxygen atoms in total. The molecule has 2 aromatic rings. The quantitative estimate of drug-likeness (QED) is 0.824. The first-order valence-electron chi connectivity index (χ1n) is 8.05. The lowest BCUT2D eigenvalue weighted by atomic mass is 9.88. The van der Waals surface area contributed by atoms with Crippen LogP contribution in [0, 0.1) is 5.92 Å². The number of amides is 1. The molecule has 0 saturated heterocycles. The monoisotopic (exact) mass is 313 g/mol. The largest absolute Gasteiger partial charge is 0.322 e. The molecule has 0 unspecified atom stereocenters. The SMILES string of the molecule is CC(C)c1ccc(NC(=O)c2csc3c2CC[C@H](C)C3)cc1. The second-order valence-electron chi connectivity index (χ2n) is 6.63. The van der Waals surface area contributed by atoms with Gasteiger partial charge in [-0.15, -0.1) is 11.3 Å². The van der Waals surface area contributed by atoms with Crippen LogP contribution in [0.1, 0.15) is 59.5 Å². The molecule has 1 N–H and O–H groups in total. The number of hydrogen-bond acceptors (Lipinski definition) is 2. The molecule has 1 aromatic carbocycles. The van der Waals surface area contributed by atoms with Crippen molar-refractivity contribution in [1.82, 2.24) is 0 Å². The number of fused-ring (bicyclic) bond motifs is 1. The third kappa shape index (κ3) is 3.09. The van der Waals surface area contributed by atoms with Crippen molar-refractivity contribution in [3.8, 4) is 0 Å². The van der Waals surface area contributed by atoms with E-state index in [0.717, 1.165) is 30.0 Å². The molecule has 0 aliphatic heterocycles. The first-order chi connectivity index (χ1) is 10.5. The Morgan fingerprint density at radius 1 is 1.27 bits per heavy atom. The van der Waals surface area contributed by atoms with Gasteiger partial charge in [0.05, 0.1) is 5.56 Å². The van der Waals surface area contributed by atoms with Gasteiger partial charge in [-0.3, -0.25) is 4.79 Å². The molecule has 0 radical (unpaired) electrons. The summed E-state index contributed by atoms with van der Waals surface area (Å²) in [6.45, 7) is 6.64. The molecule has 0 spiro atoms. The fourth-order valence-corrected chi connectivity index (χ4v) is 4.26. The number of thiophene rings is 1. The van der Waals surface area contributed by atoms with Crippen LogP contribution in [0.5, 0.6) is 0 Å². The van der Waals surface area contributed by atoms with E-state index >= 15 is 0 Å². The molecular formula is C19H23NOS. The number of rotatable bonds is 3. The van der Waals surface area contributed by atoms with Crippen LogP contribution in [0.25, 0.3) is 0 Å². The van der Waals surface area contributed by atoms with Crippen molar-refractivity contribution < 1.29 is 4.79 Å². The Morgan fingerprint density at radius 2 is 2.00 bits per heavy atom. The summed E-state index contributed by atoms with van der Waals surface area (Å²) < 4.78 is 0. The highest BCUT2D eigenvalue weighted by atomic mass is 32.1. The van der Waals surface area contributed by atoms with Gasteiger partial charge in [0.15, 0.2) is 0 Å². The summed E-state index contributed by atoms with van der Waals surface area (Å²) in [7, 11) is 0. The fourth-order valence-electron chi connectivity index (χ4n) is 3.02. The molecule has 1 aliphatic rings. The van der Waals surface area contributed by atoms with Gasteiger partial charge in [-0.05, 0) is 54.4 Å². The first kappa shape index (κ1) is 15.3. The number of anilines is 1. The van der Waals surface area contributed by atoms with Gasteiger partial charge in [0.1, 0.15) is 0 Å². The Kier molecular flexibility index (Phi) is 4.34. The minimum Gasteiger partial charge on any atom is -0.322 e. The topological polar surface area (TPSA) is 29.1 Å². The summed E-state index contributed by atoms with van der Waals surface area (Å²) in [6, 6.07) is 8.17. The van der Waals surface area contributed by atoms with Crippen molar-refractivity contribution in [3.63, 3.8) is 0 Å². The van der Waals surface area contributed by atoms with Crippen LogP contribution in [-0.4, -0.2) is 5.91 Å². The Labute approximate surface area is 136 Å². The minimum absolute atomic E-state index is 0.0318. The number of benzene rings is 1. The van der Waals surface area contributed by atoms with Crippen molar-refractivity contribution >= 4 is 22.9 Å². The Bertz CT molecular complexity index is 669. The number of nitrogens with one attached hydrogen (secondary N) is 1. The summed E-state index contributed by atoms with van der Waals surface area (Å²) in [5.41, 5.74) is 4.32. The fraction of sp³-hybridized carbons (Fsp3) is 0.421. The van der Waals surface area contributed by atoms with Gasteiger partial charge in [0.2, 0.25) is 0 Å². The van der Waals surface area contributed by atoms with E-state index < -0.39 is 0 Å². The predicted octanol–water partition coefficient (Wildman–Crippen LogP) is 5.25. The predicted molar refractivity (Wildman–Crippen MR) is 94.0 cm³/mol. The van der Waals surface area contributed by atoms with Crippen LogP contribution in [0.15, 0.2) is 29.6 Å². The average Bonchev–Trinajstić information content (AvgIpc) is 2.90. The Hall–Kier alpha value is -1.61. The van der Waals surface area contributed by atoms with E-state index in [0.29, 0.717) is 5.92 Å². The molecule has 1 heterocycles. The summed E-state index contributed by atoms with van der Waals surface area (Å²) in [5.74, 6) is 1.28. The highest BCUT2D eigenvalue weighted by molar-refractivity contribution is 7.10. The van der Waals surface area contributed by atoms with Crippen LogP contribution in [0.2, 0.25) is 0 Å². The normalized spacial score (nSPS) is 17.4. The van der Waals surface area contributed by atoms with Crippen molar-refractivity contribution in [3.05, 3.63) is 51.2 Å². The first-order valence-corrected chi connectivity index (χ1v) is 8.93. The molecule has 3 rings (SSSR count). The van der Waals surface area contributed by atoms with E-state index in [1.165, 1.54) is 22.4 Å². The maximum absolute atomic E-state index is 12.5. The van der Waals surface area contributed by atoms with Crippen molar-refractivity contribution in [2.45, 2.75) is 46.0 Å². The molecule has 0 saturated carbocycles. The molecule has 116 valence electrons. The van der Waals surface area contributed by atoms with E-state index in [4.69, 9.17) is 0 Å². The van der Waals surface area contributed by atoms with E-state index in [-0.39, 0.29) is 5.91 Å². The van der Waals surface area contributed by atoms with Crippen LogP contribution in [0.3, 0.4) is 0 Å². The standard InChI is InChI=1S/C19H23NOS/c1-12(2)14-5-7-15(8-6-14)20-19(21)17-11-22-18-10-13(3)4-9-16(17)18/h5-8,11-13H,4,9-10H2,1-3H3,(H,20,21)/t13-/m0/s1. The Morgan fingerprint density at radius 3 is 2.68 bits per heavy atom. The molecule has 1 atom stereocenters. The Balaban J connectivity index is 1.75. The van der Waals surface area contributed by atoms with Crippen molar-refractivity contribution in [1.29, 1.82) is 0 Å². The lowest BCUT2D eigenvalue weighted by molar-refractivity contribution is 0.102. The molecule has 22 heavy (non-hydrogen) atoms. The number of carbonyl (C=O) groups is 1. The van der Waals surface area contributed by atoms with Gasteiger partial charge in [0, 0.05) is 15.9 Å². The summed E-state index contributed by atoms with van der Waals surface area (Å²) in [4.78, 5) is 13.9. The number of hydrogen-bond donors (Lipinski definition) is 1. The van der Waals surface area contributed by atoms with Gasteiger partial charge in [-0.2, -0.15) is 0 Å². The van der Waals surface area contributed by atoms with E-state index in [2.05, 4.69) is 38.2 Å². The van der Waals surface area contributed by atoms with Gasteiger partial charge < -0.3 is 5.32 Å². The lowest BCUT2D eigenvalue weighted by Gasteiger charge is -2.18. The summed E-state index contributed by atoms with van der Waals surface area (Å²) in [6.07, 6.45) is 3.35. The molecule has 3 heteroatoms. The molecular weight excluding hydrogens is 290 g/mol. The van der Waals surface area contributed by atoms with Crippen LogP contribution >= 0.6 is 11.3 Å². The maximum atomic E-state index is 12.5. The highest BCUT2D eigenvalue weighted by Crippen LogP contribution is 2.33. The zero-order valence-corrected chi connectivity index (χ0v) is 14.3. The zero-order valence-electron chi connectivity index (χ0n) is 13.5. The highest BCUT2D eigenvalue weighted by Gasteiger charge is 2.23. The molecule has 1 amide bonds. The minimum atomic E-state index is 0.0318. The smallest absolute Gasteiger partial charge is 0.256 e. The van der Waals surface area contributed by atoms with E-state index in [1.54, 1.807) is 11.3 Å². The third-order valence-corrected chi connectivity index (χ3v) is 5.53. The van der Waals surface area contributed by atoms with Gasteiger partial charge in [-0.25, -0.2) is 0 Å². The van der Waals surface area contributed by atoms with E-state index in [1.807, 2.05) is 17.5 Å². The van der Waals surface area contributed by atoms with Crippen molar-refractivity contribution in [2.75, 3.05) is 5.32 Å². The zero-order chi connectivity index (χ0) is 15.7. The van der Waals surface area contributed by atoms with Crippen LogP contribution in [0.4, 0.5) is 5.69 Å². The number of carbonyl (C=O) groups excluding carboxylic acids is 1. The van der Waals surface area contributed by atoms with Gasteiger partial charge in [0.25, 0.3) is 5.91 Å². The second-order valence-corrected chi connectivity index (χ2v) is 7.59. The third-order valence-electron chi connectivity index (χ3n) is 4.48. The van der Waals surface area contributed by atoms with Gasteiger partial charge >= 0.3 is 0 Å². The molecule has 0 bridgehead atoms. The maximum Gasteiger partial charge on any atom is 0.256 e. The van der Waals surface area contributed by atoms with Crippen LogP contribution in [-0.2, 0) is 12.8 Å². The molecule has 1 aliphatic carbocycles. The molecule has 1 aromatic heterocycles. The van der Waals surface area contributed by atoms with Crippen molar-refractivity contribution in [2.24, 2.45) is 5.92 Å². The average molecular weight is 313 g/mol. The molecule has 0 fully saturated rings. The summed E-state index contributed by atoms with van der Waals surface area (Å²) >= 11 is 1.74. The lowest BCUT2D eigenvalue weighted by Crippen LogP contribution is -2.16. The summed E-state index contributed by atoms with van der Waals surface area (Å²) in [5, 5.41) is 5.07. The van der Waals surface area contributed by atoms with E-state index in [9.17, 15) is 4.79 Å². The van der Waals surface area contributed by atoms with Crippen LogP contribution < -0.4 is 5.32 Å².